The summed E-state index contributed by atoms with van der Waals surface area (Å²) >= 11 is 0. The standard InChI is InChI=1S/C17H22FNO2/c18-15-5-3-14(4-6-15)17(10-19,16(20)21)9-13-8-11-1-2-12(13)7-11/h3-6,11-13H,1-2,7-10,19H2,(H,20,21). The molecular formula is C17H22FNO2. The summed E-state index contributed by atoms with van der Waals surface area (Å²) in [5.74, 6) is 0.626. The van der Waals surface area contributed by atoms with Crippen molar-refractivity contribution in [1.29, 1.82) is 0 Å². The lowest BCUT2D eigenvalue weighted by Crippen LogP contribution is -2.45. The Kier molecular flexibility index (Phi) is 3.74. The highest BCUT2D eigenvalue weighted by molar-refractivity contribution is 5.81. The van der Waals surface area contributed by atoms with Gasteiger partial charge in [0, 0.05) is 6.54 Å². The average molecular weight is 291 g/mol. The van der Waals surface area contributed by atoms with E-state index >= 15 is 0 Å². The molecule has 2 bridgehead atoms. The minimum Gasteiger partial charge on any atom is -0.481 e. The van der Waals surface area contributed by atoms with Gasteiger partial charge in [-0.05, 0) is 61.1 Å². The largest absolute Gasteiger partial charge is 0.481 e. The van der Waals surface area contributed by atoms with Gasteiger partial charge in [-0.25, -0.2) is 4.39 Å². The highest BCUT2D eigenvalue weighted by atomic mass is 19.1. The van der Waals surface area contributed by atoms with Gasteiger partial charge in [0.05, 0.1) is 0 Å². The zero-order valence-corrected chi connectivity index (χ0v) is 12.1. The summed E-state index contributed by atoms with van der Waals surface area (Å²) in [5, 5.41) is 9.80. The number of carboxylic acids is 1. The Balaban J connectivity index is 1.89. The van der Waals surface area contributed by atoms with Gasteiger partial charge in [0.15, 0.2) is 0 Å². The number of fused-ring (bicyclic) bond motifs is 2. The lowest BCUT2D eigenvalue weighted by molar-refractivity contribution is -0.144. The molecule has 3 N–H and O–H groups in total. The Morgan fingerprint density at radius 2 is 2.00 bits per heavy atom. The van der Waals surface area contributed by atoms with Crippen LogP contribution in [0.3, 0.4) is 0 Å². The Bertz CT molecular complexity index is 530. The van der Waals surface area contributed by atoms with E-state index in [4.69, 9.17) is 5.73 Å². The molecule has 1 aromatic rings. The molecule has 2 aliphatic carbocycles. The number of hydrogen-bond donors (Lipinski definition) is 2. The second kappa shape index (κ2) is 5.41. The van der Waals surface area contributed by atoms with Crippen LogP contribution in [0.25, 0.3) is 0 Å². The fourth-order valence-electron chi connectivity index (χ4n) is 4.46. The third-order valence-electron chi connectivity index (χ3n) is 5.65. The van der Waals surface area contributed by atoms with E-state index in [1.807, 2.05) is 0 Å². The lowest BCUT2D eigenvalue weighted by atomic mass is 9.70. The normalized spacial score (nSPS) is 30.3. The number of nitrogens with two attached hydrogens (primary N) is 1. The number of carboxylic acid groups (broad SMARTS) is 1. The molecule has 2 fully saturated rings. The van der Waals surface area contributed by atoms with Crippen LogP contribution in [0.5, 0.6) is 0 Å². The van der Waals surface area contributed by atoms with E-state index < -0.39 is 11.4 Å². The monoisotopic (exact) mass is 291 g/mol. The van der Waals surface area contributed by atoms with Gasteiger partial charge >= 0.3 is 5.97 Å². The molecular weight excluding hydrogens is 269 g/mol. The zero-order valence-electron chi connectivity index (χ0n) is 12.1. The van der Waals surface area contributed by atoms with Crippen LogP contribution in [0.15, 0.2) is 24.3 Å². The quantitative estimate of drug-likeness (QED) is 0.876. The minimum atomic E-state index is -1.08. The van der Waals surface area contributed by atoms with Crippen molar-refractivity contribution in [3.05, 3.63) is 35.6 Å². The maximum Gasteiger partial charge on any atom is 0.315 e. The van der Waals surface area contributed by atoms with Crippen molar-refractivity contribution < 1.29 is 14.3 Å². The third kappa shape index (κ3) is 2.46. The van der Waals surface area contributed by atoms with Crippen molar-refractivity contribution in [2.24, 2.45) is 23.5 Å². The molecule has 0 radical (unpaired) electrons. The predicted molar refractivity (Wildman–Crippen MR) is 78.3 cm³/mol. The average Bonchev–Trinajstić information content (AvgIpc) is 3.08. The number of rotatable bonds is 5. The summed E-state index contributed by atoms with van der Waals surface area (Å²) in [4.78, 5) is 12.0. The van der Waals surface area contributed by atoms with Crippen LogP contribution in [0.2, 0.25) is 0 Å². The summed E-state index contributed by atoms with van der Waals surface area (Å²) in [6, 6.07) is 5.79. The van der Waals surface area contributed by atoms with Gasteiger partial charge in [-0.3, -0.25) is 4.79 Å². The summed E-state index contributed by atoms with van der Waals surface area (Å²) in [6.07, 6.45) is 5.46. The van der Waals surface area contributed by atoms with Crippen LogP contribution in [0.4, 0.5) is 4.39 Å². The minimum absolute atomic E-state index is 0.0574. The molecule has 0 aromatic heterocycles. The number of halogens is 1. The van der Waals surface area contributed by atoms with E-state index in [0.29, 0.717) is 23.8 Å². The van der Waals surface area contributed by atoms with Crippen molar-refractivity contribution in [3.63, 3.8) is 0 Å². The molecule has 0 heterocycles. The van der Waals surface area contributed by atoms with Crippen LogP contribution >= 0.6 is 0 Å². The molecule has 0 saturated heterocycles. The van der Waals surface area contributed by atoms with E-state index in [0.717, 1.165) is 12.3 Å². The third-order valence-corrected chi connectivity index (χ3v) is 5.65. The molecule has 0 amide bonds. The smallest absolute Gasteiger partial charge is 0.315 e. The van der Waals surface area contributed by atoms with E-state index in [1.165, 1.54) is 31.4 Å². The van der Waals surface area contributed by atoms with Crippen LogP contribution in [-0.4, -0.2) is 17.6 Å². The second-order valence-corrected chi connectivity index (χ2v) is 6.74. The van der Waals surface area contributed by atoms with Gasteiger partial charge in [0.2, 0.25) is 0 Å². The molecule has 4 atom stereocenters. The molecule has 3 rings (SSSR count). The molecule has 0 spiro atoms. The molecule has 1 aromatic carbocycles. The maximum absolute atomic E-state index is 13.1. The van der Waals surface area contributed by atoms with Crippen molar-refractivity contribution in [1.82, 2.24) is 0 Å². The van der Waals surface area contributed by atoms with Gasteiger partial charge in [-0.1, -0.05) is 18.6 Å². The van der Waals surface area contributed by atoms with Gasteiger partial charge in [-0.2, -0.15) is 0 Å². The molecule has 3 nitrogen and oxygen atoms in total. The van der Waals surface area contributed by atoms with Crippen LogP contribution in [-0.2, 0) is 10.2 Å². The Morgan fingerprint density at radius 3 is 2.48 bits per heavy atom. The molecule has 114 valence electrons. The molecule has 21 heavy (non-hydrogen) atoms. The van der Waals surface area contributed by atoms with Crippen LogP contribution in [0, 0.1) is 23.6 Å². The molecule has 2 saturated carbocycles. The van der Waals surface area contributed by atoms with E-state index in [2.05, 4.69) is 0 Å². The number of aliphatic carboxylic acids is 1. The second-order valence-electron chi connectivity index (χ2n) is 6.74. The zero-order chi connectivity index (χ0) is 15.0. The van der Waals surface area contributed by atoms with Crippen molar-refractivity contribution in [3.8, 4) is 0 Å². The Morgan fingerprint density at radius 1 is 1.29 bits per heavy atom. The molecule has 0 aliphatic heterocycles. The van der Waals surface area contributed by atoms with Gasteiger partial charge < -0.3 is 10.8 Å². The number of hydrogen-bond acceptors (Lipinski definition) is 2. The first-order chi connectivity index (χ1) is 10.0. The summed E-state index contributed by atoms with van der Waals surface area (Å²) in [5.41, 5.74) is 5.43. The lowest BCUT2D eigenvalue weighted by Gasteiger charge is -2.34. The maximum atomic E-state index is 13.1. The van der Waals surface area contributed by atoms with Crippen molar-refractivity contribution in [2.45, 2.75) is 37.5 Å². The summed E-state index contributed by atoms with van der Waals surface area (Å²) < 4.78 is 13.1. The first kappa shape index (κ1) is 14.5. The van der Waals surface area contributed by atoms with Gasteiger partial charge in [0.1, 0.15) is 11.2 Å². The van der Waals surface area contributed by atoms with Gasteiger partial charge in [-0.15, -0.1) is 0 Å². The van der Waals surface area contributed by atoms with Crippen LogP contribution < -0.4 is 5.73 Å². The summed E-state index contributed by atoms with van der Waals surface area (Å²) in [6.45, 7) is 0.0574. The fraction of sp³-hybridized carbons (Fsp3) is 0.588. The molecule has 2 aliphatic rings. The van der Waals surface area contributed by atoms with E-state index in [1.54, 1.807) is 12.1 Å². The van der Waals surface area contributed by atoms with E-state index in [-0.39, 0.29) is 12.4 Å². The Labute approximate surface area is 124 Å². The number of carbonyl (C=O) groups is 1. The number of benzene rings is 1. The molecule has 4 heteroatoms. The fourth-order valence-corrected chi connectivity index (χ4v) is 4.46. The van der Waals surface area contributed by atoms with Crippen molar-refractivity contribution in [2.75, 3.05) is 6.54 Å². The first-order valence-corrected chi connectivity index (χ1v) is 7.74. The van der Waals surface area contributed by atoms with Crippen molar-refractivity contribution >= 4 is 5.97 Å². The highest BCUT2D eigenvalue weighted by Gasteiger charge is 2.47. The van der Waals surface area contributed by atoms with E-state index in [9.17, 15) is 14.3 Å². The topological polar surface area (TPSA) is 63.3 Å². The molecule has 4 unspecified atom stereocenters. The summed E-state index contributed by atoms with van der Waals surface area (Å²) in [7, 11) is 0. The van der Waals surface area contributed by atoms with Gasteiger partial charge in [0.25, 0.3) is 0 Å². The first-order valence-electron chi connectivity index (χ1n) is 7.74. The predicted octanol–water partition coefficient (Wildman–Crippen LogP) is 2.93. The highest BCUT2D eigenvalue weighted by Crippen LogP contribution is 2.52. The SMILES string of the molecule is NCC(CC1CC2CCC1C2)(C(=O)O)c1ccc(F)cc1. The Hall–Kier alpha value is -1.42. The van der Waals surface area contributed by atoms with Crippen LogP contribution in [0.1, 0.15) is 37.7 Å².